The van der Waals surface area contributed by atoms with Gasteiger partial charge in [-0.15, -0.1) is 0 Å². The zero-order valence-corrected chi connectivity index (χ0v) is 16.7. The van der Waals surface area contributed by atoms with Gasteiger partial charge in [-0.25, -0.2) is 0 Å². The van der Waals surface area contributed by atoms with Crippen molar-refractivity contribution in [3.63, 3.8) is 0 Å². The Balaban J connectivity index is 1.32. The molecule has 4 rings (SSSR count). The van der Waals surface area contributed by atoms with Crippen molar-refractivity contribution in [2.24, 2.45) is 5.92 Å². The number of hydrogen-bond acceptors (Lipinski definition) is 4. The second kappa shape index (κ2) is 8.66. The van der Waals surface area contributed by atoms with Crippen LogP contribution in [-0.4, -0.2) is 49.5 Å². The van der Waals surface area contributed by atoms with E-state index in [1.165, 1.54) is 5.56 Å². The molecular weight excluding hydrogens is 366 g/mol. The molecule has 152 valence electrons. The summed E-state index contributed by atoms with van der Waals surface area (Å²) in [5.41, 5.74) is 2.01. The minimum atomic E-state index is -0.324. The summed E-state index contributed by atoms with van der Waals surface area (Å²) >= 11 is 0. The Bertz CT molecular complexity index is 871. The SMILES string of the molecule is COc1ccccc1N1CC(C(=O)NC2CCN(Cc3ccccc3)C2)CC1=O. The highest BCUT2D eigenvalue weighted by Gasteiger charge is 2.37. The monoisotopic (exact) mass is 393 g/mol. The smallest absolute Gasteiger partial charge is 0.227 e. The van der Waals surface area contributed by atoms with Gasteiger partial charge in [0.2, 0.25) is 11.8 Å². The van der Waals surface area contributed by atoms with Gasteiger partial charge in [-0.2, -0.15) is 0 Å². The van der Waals surface area contributed by atoms with Crippen LogP contribution in [0.2, 0.25) is 0 Å². The highest BCUT2D eigenvalue weighted by Crippen LogP contribution is 2.32. The molecule has 2 amide bonds. The van der Waals surface area contributed by atoms with E-state index in [1.54, 1.807) is 12.0 Å². The predicted molar refractivity (Wildman–Crippen MR) is 112 cm³/mol. The highest BCUT2D eigenvalue weighted by molar-refractivity contribution is 6.01. The van der Waals surface area contributed by atoms with E-state index in [-0.39, 0.29) is 30.2 Å². The summed E-state index contributed by atoms with van der Waals surface area (Å²) in [6.07, 6.45) is 1.18. The topological polar surface area (TPSA) is 61.9 Å². The van der Waals surface area contributed by atoms with Crippen molar-refractivity contribution in [3.8, 4) is 5.75 Å². The van der Waals surface area contributed by atoms with Crippen LogP contribution in [0, 0.1) is 5.92 Å². The summed E-state index contributed by atoms with van der Waals surface area (Å²) in [7, 11) is 1.59. The molecule has 2 aromatic carbocycles. The minimum absolute atomic E-state index is 0.0256. The molecule has 2 atom stereocenters. The van der Waals surface area contributed by atoms with Gasteiger partial charge in [0.15, 0.2) is 0 Å². The maximum atomic E-state index is 12.8. The summed E-state index contributed by atoms with van der Waals surface area (Å²) in [5.74, 6) is 0.263. The number of ether oxygens (including phenoxy) is 1. The molecule has 2 aliphatic heterocycles. The molecule has 0 saturated carbocycles. The first-order valence-corrected chi connectivity index (χ1v) is 10.1. The van der Waals surface area contributed by atoms with Crippen LogP contribution >= 0.6 is 0 Å². The molecule has 6 heteroatoms. The first-order chi connectivity index (χ1) is 14.1. The maximum absolute atomic E-state index is 12.8. The van der Waals surface area contributed by atoms with Crippen molar-refractivity contribution >= 4 is 17.5 Å². The molecule has 2 heterocycles. The number of para-hydroxylation sites is 2. The second-order valence-electron chi connectivity index (χ2n) is 7.79. The lowest BCUT2D eigenvalue weighted by molar-refractivity contribution is -0.126. The lowest BCUT2D eigenvalue weighted by Crippen LogP contribution is -2.41. The Labute approximate surface area is 171 Å². The number of hydrogen-bond donors (Lipinski definition) is 1. The molecule has 0 aromatic heterocycles. The van der Waals surface area contributed by atoms with E-state index in [4.69, 9.17) is 4.74 Å². The van der Waals surface area contributed by atoms with Gasteiger partial charge in [0, 0.05) is 38.6 Å². The third-order valence-electron chi connectivity index (χ3n) is 5.74. The number of benzene rings is 2. The summed E-state index contributed by atoms with van der Waals surface area (Å²) in [6, 6.07) is 17.9. The lowest BCUT2D eigenvalue weighted by Gasteiger charge is -2.20. The van der Waals surface area contributed by atoms with Crippen LogP contribution in [0.5, 0.6) is 5.75 Å². The fourth-order valence-corrected chi connectivity index (χ4v) is 4.22. The normalized spacial score (nSPS) is 22.1. The Morgan fingerprint density at radius 2 is 1.86 bits per heavy atom. The van der Waals surface area contributed by atoms with Crippen LogP contribution in [-0.2, 0) is 16.1 Å². The van der Waals surface area contributed by atoms with Crippen LogP contribution in [0.1, 0.15) is 18.4 Å². The van der Waals surface area contributed by atoms with Gasteiger partial charge in [0.05, 0.1) is 18.7 Å². The summed E-state index contributed by atoms with van der Waals surface area (Å²) in [4.78, 5) is 29.4. The number of amides is 2. The van der Waals surface area contributed by atoms with Crippen molar-refractivity contribution in [1.82, 2.24) is 10.2 Å². The fraction of sp³-hybridized carbons (Fsp3) is 0.391. The lowest BCUT2D eigenvalue weighted by atomic mass is 10.1. The number of methoxy groups -OCH3 is 1. The molecule has 0 spiro atoms. The Morgan fingerprint density at radius 1 is 1.10 bits per heavy atom. The Hall–Kier alpha value is -2.86. The van der Waals surface area contributed by atoms with E-state index in [1.807, 2.05) is 30.3 Å². The summed E-state index contributed by atoms with van der Waals surface area (Å²) < 4.78 is 5.37. The fourth-order valence-electron chi connectivity index (χ4n) is 4.22. The van der Waals surface area contributed by atoms with Gasteiger partial charge in [-0.05, 0) is 24.1 Å². The standard InChI is InChI=1S/C23H27N3O3/c1-29-21-10-6-5-9-20(21)26-15-18(13-22(26)27)23(28)24-19-11-12-25(16-19)14-17-7-3-2-4-8-17/h2-10,18-19H,11-16H2,1H3,(H,24,28). The first-order valence-electron chi connectivity index (χ1n) is 10.1. The molecule has 0 radical (unpaired) electrons. The molecule has 0 aliphatic carbocycles. The Kier molecular flexibility index (Phi) is 5.81. The maximum Gasteiger partial charge on any atom is 0.227 e. The van der Waals surface area contributed by atoms with Crippen molar-refractivity contribution in [2.45, 2.75) is 25.4 Å². The van der Waals surface area contributed by atoms with Gasteiger partial charge in [-0.3, -0.25) is 14.5 Å². The summed E-state index contributed by atoms with van der Waals surface area (Å²) in [5, 5.41) is 3.17. The number of carbonyl (C=O) groups excluding carboxylic acids is 2. The van der Waals surface area contributed by atoms with E-state index in [0.717, 1.165) is 31.7 Å². The highest BCUT2D eigenvalue weighted by atomic mass is 16.5. The molecule has 2 saturated heterocycles. The second-order valence-corrected chi connectivity index (χ2v) is 7.79. The van der Waals surface area contributed by atoms with E-state index in [0.29, 0.717) is 12.3 Å². The van der Waals surface area contributed by atoms with Crippen LogP contribution in [0.3, 0.4) is 0 Å². The number of anilines is 1. The Morgan fingerprint density at radius 3 is 2.66 bits per heavy atom. The quantitative estimate of drug-likeness (QED) is 0.819. The number of rotatable bonds is 6. The van der Waals surface area contributed by atoms with Crippen LogP contribution in [0.4, 0.5) is 5.69 Å². The van der Waals surface area contributed by atoms with Crippen molar-refractivity contribution in [1.29, 1.82) is 0 Å². The van der Waals surface area contributed by atoms with Gasteiger partial charge >= 0.3 is 0 Å². The van der Waals surface area contributed by atoms with E-state index >= 15 is 0 Å². The van der Waals surface area contributed by atoms with E-state index in [2.05, 4.69) is 34.5 Å². The number of carbonyl (C=O) groups is 2. The molecule has 29 heavy (non-hydrogen) atoms. The molecule has 2 aromatic rings. The molecule has 6 nitrogen and oxygen atoms in total. The largest absolute Gasteiger partial charge is 0.495 e. The molecule has 1 N–H and O–H groups in total. The zero-order valence-electron chi connectivity index (χ0n) is 16.7. The summed E-state index contributed by atoms with van der Waals surface area (Å²) in [6.45, 7) is 3.11. The van der Waals surface area contributed by atoms with Crippen LogP contribution in [0.15, 0.2) is 54.6 Å². The van der Waals surface area contributed by atoms with Gasteiger partial charge in [0.25, 0.3) is 0 Å². The molecule has 2 unspecified atom stereocenters. The molecule has 2 fully saturated rings. The average Bonchev–Trinajstić information content (AvgIpc) is 3.35. The van der Waals surface area contributed by atoms with Crippen molar-refractivity contribution in [3.05, 3.63) is 60.2 Å². The zero-order chi connectivity index (χ0) is 20.2. The van der Waals surface area contributed by atoms with E-state index in [9.17, 15) is 9.59 Å². The van der Waals surface area contributed by atoms with Crippen molar-refractivity contribution in [2.75, 3.05) is 31.6 Å². The predicted octanol–water partition coefficient (Wildman–Crippen LogP) is 2.44. The van der Waals surface area contributed by atoms with Gasteiger partial charge in [-0.1, -0.05) is 42.5 Å². The molecule has 0 bridgehead atoms. The first kappa shape index (κ1) is 19.5. The average molecular weight is 393 g/mol. The van der Waals surface area contributed by atoms with E-state index < -0.39 is 0 Å². The minimum Gasteiger partial charge on any atom is -0.495 e. The number of likely N-dealkylation sites (tertiary alicyclic amines) is 1. The third-order valence-corrected chi connectivity index (χ3v) is 5.74. The number of nitrogens with one attached hydrogen (secondary N) is 1. The van der Waals surface area contributed by atoms with Crippen LogP contribution in [0.25, 0.3) is 0 Å². The third kappa shape index (κ3) is 4.43. The van der Waals surface area contributed by atoms with Crippen LogP contribution < -0.4 is 15.0 Å². The van der Waals surface area contributed by atoms with Crippen molar-refractivity contribution < 1.29 is 14.3 Å². The van der Waals surface area contributed by atoms with Gasteiger partial charge in [0.1, 0.15) is 5.75 Å². The molecular formula is C23H27N3O3. The number of nitrogens with zero attached hydrogens (tertiary/aromatic N) is 2. The van der Waals surface area contributed by atoms with Gasteiger partial charge < -0.3 is 15.0 Å². The molecule has 2 aliphatic rings.